The quantitative estimate of drug-likeness (QED) is 0.372. The van der Waals surface area contributed by atoms with Crippen LogP contribution in [0.3, 0.4) is 0 Å². The molecule has 0 amide bonds. The van der Waals surface area contributed by atoms with E-state index in [0.717, 1.165) is 35.5 Å². The highest BCUT2D eigenvalue weighted by Crippen LogP contribution is 2.76. The molecule has 0 nitrogen and oxygen atoms in total. The summed E-state index contributed by atoms with van der Waals surface area (Å²) in [7, 11) is 0. The third kappa shape index (κ3) is 2.58. The summed E-state index contributed by atoms with van der Waals surface area (Å²) in [5.74, 6) is 5.74. The summed E-state index contributed by atoms with van der Waals surface area (Å²) in [4.78, 5) is 0. The van der Waals surface area contributed by atoms with E-state index < -0.39 is 0 Å². The summed E-state index contributed by atoms with van der Waals surface area (Å²) in [6.45, 7) is 21.5. The van der Waals surface area contributed by atoms with Gasteiger partial charge in [0.25, 0.3) is 0 Å². The van der Waals surface area contributed by atoms with Crippen LogP contribution in [0.4, 0.5) is 0 Å². The van der Waals surface area contributed by atoms with E-state index in [4.69, 9.17) is 0 Å². The molecule has 0 aliphatic heterocycles. The first kappa shape index (κ1) is 21.8. The molecular formula is C30H52. The van der Waals surface area contributed by atoms with Gasteiger partial charge in [0.15, 0.2) is 0 Å². The van der Waals surface area contributed by atoms with E-state index in [1.165, 1.54) is 70.6 Å². The zero-order valence-electron chi connectivity index (χ0n) is 21.7. The molecule has 5 saturated carbocycles. The van der Waals surface area contributed by atoms with Crippen molar-refractivity contribution >= 4 is 0 Å². The summed E-state index contributed by atoms with van der Waals surface area (Å²) < 4.78 is 0. The van der Waals surface area contributed by atoms with Crippen molar-refractivity contribution in [3.8, 4) is 0 Å². The molecule has 172 valence electrons. The molecule has 30 heavy (non-hydrogen) atoms. The molecule has 5 rings (SSSR count). The Balaban J connectivity index is 1.54. The first-order chi connectivity index (χ1) is 13.9. The molecule has 0 radical (unpaired) electrons. The van der Waals surface area contributed by atoms with Gasteiger partial charge in [0, 0.05) is 0 Å². The van der Waals surface area contributed by atoms with Crippen molar-refractivity contribution in [2.45, 2.75) is 126 Å². The molecule has 0 saturated heterocycles. The topological polar surface area (TPSA) is 0 Å². The monoisotopic (exact) mass is 412 g/mol. The highest BCUT2D eigenvalue weighted by atomic mass is 14.7. The minimum atomic E-state index is 0.560. The molecule has 0 heteroatoms. The molecule has 0 bridgehead atoms. The van der Waals surface area contributed by atoms with Gasteiger partial charge in [-0.1, -0.05) is 61.8 Å². The summed E-state index contributed by atoms with van der Waals surface area (Å²) >= 11 is 0. The fraction of sp³-hybridized carbons (Fsp3) is 1.00. The summed E-state index contributed by atoms with van der Waals surface area (Å²) in [5, 5.41) is 0. The molecule has 5 aliphatic carbocycles. The molecule has 0 aromatic carbocycles. The second-order valence-electron chi connectivity index (χ2n) is 15.1. The molecule has 5 aliphatic rings. The van der Waals surface area contributed by atoms with E-state index >= 15 is 0 Å². The molecular weight excluding hydrogens is 360 g/mol. The highest BCUT2D eigenvalue weighted by molar-refractivity contribution is 5.17. The predicted octanol–water partition coefficient (Wildman–Crippen LogP) is 9.13. The first-order valence-corrected chi connectivity index (χ1v) is 13.9. The van der Waals surface area contributed by atoms with Crippen LogP contribution in [0.1, 0.15) is 126 Å². The number of rotatable bonds is 0. The van der Waals surface area contributed by atoms with Gasteiger partial charge < -0.3 is 0 Å². The maximum absolute atomic E-state index is 2.81. The van der Waals surface area contributed by atoms with Crippen LogP contribution in [0, 0.1) is 62.6 Å². The van der Waals surface area contributed by atoms with Crippen molar-refractivity contribution in [2.75, 3.05) is 0 Å². The maximum atomic E-state index is 2.81. The lowest BCUT2D eigenvalue weighted by Gasteiger charge is -2.73. The fourth-order valence-corrected chi connectivity index (χ4v) is 11.8. The zero-order valence-corrected chi connectivity index (χ0v) is 21.7. The van der Waals surface area contributed by atoms with E-state index in [9.17, 15) is 0 Å². The number of fused-ring (bicyclic) bond motifs is 7. The first-order valence-electron chi connectivity index (χ1n) is 13.9. The minimum Gasteiger partial charge on any atom is -0.0622 e. The summed E-state index contributed by atoms with van der Waals surface area (Å²) in [5.41, 5.74) is 2.92. The molecule has 0 N–H and O–H groups in total. The third-order valence-electron chi connectivity index (χ3n) is 13.8. The Labute approximate surface area is 188 Å². The standard InChI is InChI=1S/C30H52/c1-20-12-16-27(5)18-19-29(7)22(25(27)21(20)2)10-11-24-28(6)15-9-14-26(3,4)23(28)13-17-30(24,29)8/h20-25H,9-19H2,1-8H3/t20?,21-,22?,23?,24?,25?,27-,28+,29-,30-/m1/s1. The van der Waals surface area contributed by atoms with E-state index in [1.54, 1.807) is 0 Å². The van der Waals surface area contributed by atoms with Crippen LogP contribution in [0.2, 0.25) is 0 Å². The van der Waals surface area contributed by atoms with E-state index in [0.29, 0.717) is 27.1 Å². The SMILES string of the molecule is CC1CC[C@]2(C)CC[C@]3(C)C(CCC4[C@@]5(C)CCCC(C)(C)C5CC[C@]43C)C2[C@@H]1C. The van der Waals surface area contributed by atoms with E-state index in [2.05, 4.69) is 55.4 Å². The van der Waals surface area contributed by atoms with Gasteiger partial charge >= 0.3 is 0 Å². The van der Waals surface area contributed by atoms with Crippen molar-refractivity contribution in [3.05, 3.63) is 0 Å². The van der Waals surface area contributed by atoms with Gasteiger partial charge in [0.2, 0.25) is 0 Å². The van der Waals surface area contributed by atoms with Crippen LogP contribution in [0.25, 0.3) is 0 Å². The van der Waals surface area contributed by atoms with Crippen LogP contribution in [-0.4, -0.2) is 0 Å². The van der Waals surface area contributed by atoms with Gasteiger partial charge in [0.05, 0.1) is 0 Å². The normalized spacial score (nSPS) is 60.0. The Morgan fingerprint density at radius 3 is 2.07 bits per heavy atom. The summed E-state index contributed by atoms with van der Waals surface area (Å²) in [6.07, 6.45) is 16.6. The average Bonchev–Trinajstić information content (AvgIpc) is 2.65. The third-order valence-corrected chi connectivity index (χ3v) is 13.8. The van der Waals surface area contributed by atoms with Gasteiger partial charge in [-0.15, -0.1) is 0 Å². The van der Waals surface area contributed by atoms with Gasteiger partial charge in [-0.05, 0) is 127 Å². The molecule has 10 atom stereocenters. The van der Waals surface area contributed by atoms with E-state index in [-0.39, 0.29) is 0 Å². The molecule has 0 spiro atoms. The lowest BCUT2D eigenvalue weighted by Crippen LogP contribution is -2.66. The van der Waals surface area contributed by atoms with Crippen LogP contribution in [0.15, 0.2) is 0 Å². The van der Waals surface area contributed by atoms with Gasteiger partial charge in [-0.2, -0.15) is 0 Å². The maximum Gasteiger partial charge on any atom is -0.0235 e. The second kappa shape index (κ2) is 6.53. The number of hydrogen-bond acceptors (Lipinski definition) is 0. The van der Waals surface area contributed by atoms with Crippen LogP contribution >= 0.6 is 0 Å². The lowest BCUT2D eigenvalue weighted by atomic mass is 9.31. The predicted molar refractivity (Wildman–Crippen MR) is 129 cm³/mol. The van der Waals surface area contributed by atoms with Gasteiger partial charge in [-0.3, -0.25) is 0 Å². The molecule has 0 heterocycles. The van der Waals surface area contributed by atoms with Gasteiger partial charge in [-0.25, -0.2) is 0 Å². The van der Waals surface area contributed by atoms with Gasteiger partial charge in [0.1, 0.15) is 0 Å². The zero-order chi connectivity index (χ0) is 21.7. The van der Waals surface area contributed by atoms with Crippen molar-refractivity contribution in [2.24, 2.45) is 62.6 Å². The molecule has 0 aromatic heterocycles. The van der Waals surface area contributed by atoms with Crippen molar-refractivity contribution in [1.82, 2.24) is 0 Å². The Hall–Kier alpha value is 0. The average molecular weight is 413 g/mol. The molecule has 5 fully saturated rings. The van der Waals surface area contributed by atoms with Crippen molar-refractivity contribution in [1.29, 1.82) is 0 Å². The fourth-order valence-electron chi connectivity index (χ4n) is 11.8. The highest BCUT2D eigenvalue weighted by Gasteiger charge is 2.69. The van der Waals surface area contributed by atoms with Crippen LogP contribution < -0.4 is 0 Å². The lowest BCUT2D eigenvalue weighted by molar-refractivity contribution is -0.247. The molecule has 0 aromatic rings. The molecule has 5 unspecified atom stereocenters. The Bertz CT molecular complexity index is 690. The van der Waals surface area contributed by atoms with E-state index in [1.807, 2.05) is 0 Å². The largest absolute Gasteiger partial charge is 0.0622 e. The number of hydrogen-bond donors (Lipinski definition) is 0. The Kier molecular flexibility index (Phi) is 4.75. The Morgan fingerprint density at radius 2 is 1.33 bits per heavy atom. The minimum absolute atomic E-state index is 0.560. The van der Waals surface area contributed by atoms with Crippen molar-refractivity contribution in [3.63, 3.8) is 0 Å². The second-order valence-corrected chi connectivity index (χ2v) is 15.1. The summed E-state index contributed by atoms with van der Waals surface area (Å²) in [6, 6.07) is 0. The van der Waals surface area contributed by atoms with Crippen molar-refractivity contribution < 1.29 is 0 Å². The van der Waals surface area contributed by atoms with Crippen LogP contribution in [-0.2, 0) is 0 Å². The smallest absolute Gasteiger partial charge is 0.0235 e. The van der Waals surface area contributed by atoms with Crippen LogP contribution in [0.5, 0.6) is 0 Å². The Morgan fingerprint density at radius 1 is 0.600 bits per heavy atom.